The number of thioether (sulfide) groups is 1. The molecule has 0 unspecified atom stereocenters. The Bertz CT molecular complexity index is 761. The third kappa shape index (κ3) is 5.22. The summed E-state index contributed by atoms with van der Waals surface area (Å²) in [6, 6.07) is 13.8. The van der Waals surface area contributed by atoms with E-state index < -0.39 is 0 Å². The fraction of sp³-hybridized carbons (Fsp3) is 0.200. The molecule has 0 fully saturated rings. The first-order chi connectivity index (χ1) is 12.1. The molecule has 4 nitrogen and oxygen atoms in total. The average molecular weight is 356 g/mol. The van der Waals surface area contributed by atoms with Crippen LogP contribution in [-0.2, 0) is 0 Å². The Morgan fingerprint density at radius 2 is 1.36 bits per heavy atom. The van der Waals surface area contributed by atoms with Crippen LogP contribution in [0.4, 0.5) is 0 Å². The lowest BCUT2D eigenvalue weighted by Gasteiger charge is -2.06. The van der Waals surface area contributed by atoms with Gasteiger partial charge in [0.05, 0.1) is 14.2 Å². The standard InChI is InChI=1S/C20H20O4S/c1-23-16-8-4-14(5-9-16)19(21)12-18(25-3)13-20(22)15-6-10-17(24-2)11-7-15/h4-12H,13H2,1-3H3. The second-order valence-corrected chi connectivity index (χ2v) is 6.17. The maximum atomic E-state index is 12.4. The van der Waals surface area contributed by atoms with E-state index in [-0.39, 0.29) is 18.0 Å². The molecule has 0 aliphatic heterocycles. The second kappa shape index (κ2) is 9.08. The number of ketones is 2. The van der Waals surface area contributed by atoms with Gasteiger partial charge in [-0.2, -0.15) is 0 Å². The van der Waals surface area contributed by atoms with E-state index in [1.165, 1.54) is 17.8 Å². The van der Waals surface area contributed by atoms with Gasteiger partial charge in [0.2, 0.25) is 0 Å². The number of carbonyl (C=O) groups excluding carboxylic acids is 2. The van der Waals surface area contributed by atoms with Gasteiger partial charge in [0.25, 0.3) is 0 Å². The van der Waals surface area contributed by atoms with Crippen molar-refractivity contribution in [1.29, 1.82) is 0 Å². The summed E-state index contributed by atoms with van der Waals surface area (Å²) < 4.78 is 10.2. The minimum absolute atomic E-state index is 0.0363. The van der Waals surface area contributed by atoms with Gasteiger partial charge >= 0.3 is 0 Å². The number of allylic oxidation sites excluding steroid dienone is 2. The minimum Gasteiger partial charge on any atom is -0.497 e. The van der Waals surface area contributed by atoms with Gasteiger partial charge in [-0.25, -0.2) is 0 Å². The molecule has 0 amide bonds. The molecule has 0 N–H and O–H groups in total. The number of hydrogen-bond donors (Lipinski definition) is 0. The zero-order valence-electron chi connectivity index (χ0n) is 14.4. The van der Waals surface area contributed by atoms with Crippen LogP contribution in [0.3, 0.4) is 0 Å². The second-order valence-electron chi connectivity index (χ2n) is 5.24. The monoisotopic (exact) mass is 356 g/mol. The Morgan fingerprint density at radius 1 is 0.880 bits per heavy atom. The molecule has 0 aromatic heterocycles. The van der Waals surface area contributed by atoms with E-state index in [0.717, 1.165) is 4.91 Å². The van der Waals surface area contributed by atoms with Gasteiger partial charge in [-0.1, -0.05) is 0 Å². The summed E-state index contributed by atoms with van der Waals surface area (Å²) in [7, 11) is 3.16. The predicted octanol–water partition coefficient (Wildman–Crippen LogP) is 4.41. The Hall–Kier alpha value is -2.53. The van der Waals surface area contributed by atoms with Gasteiger partial charge in [-0.3, -0.25) is 9.59 Å². The van der Waals surface area contributed by atoms with Crippen molar-refractivity contribution in [2.75, 3.05) is 20.5 Å². The molecule has 0 aliphatic rings. The van der Waals surface area contributed by atoms with Crippen molar-refractivity contribution >= 4 is 23.3 Å². The highest BCUT2D eigenvalue weighted by Gasteiger charge is 2.11. The lowest BCUT2D eigenvalue weighted by atomic mass is 10.1. The zero-order chi connectivity index (χ0) is 18.2. The largest absolute Gasteiger partial charge is 0.497 e. The van der Waals surface area contributed by atoms with Crippen molar-refractivity contribution in [3.8, 4) is 11.5 Å². The van der Waals surface area contributed by atoms with E-state index >= 15 is 0 Å². The fourth-order valence-electron chi connectivity index (χ4n) is 2.20. The number of ether oxygens (including phenoxy) is 2. The summed E-state index contributed by atoms with van der Waals surface area (Å²) >= 11 is 1.40. The minimum atomic E-state index is -0.130. The molecule has 0 saturated heterocycles. The van der Waals surface area contributed by atoms with Crippen molar-refractivity contribution in [2.45, 2.75) is 6.42 Å². The van der Waals surface area contributed by atoms with Gasteiger partial charge in [0.15, 0.2) is 11.6 Å². The molecular formula is C20H20O4S. The molecule has 5 heteroatoms. The number of methoxy groups -OCH3 is 2. The third-order valence-corrected chi connectivity index (χ3v) is 4.46. The van der Waals surface area contributed by atoms with Crippen molar-refractivity contribution in [2.24, 2.45) is 0 Å². The van der Waals surface area contributed by atoms with Gasteiger partial charge in [0.1, 0.15) is 11.5 Å². The van der Waals surface area contributed by atoms with Crippen molar-refractivity contribution in [1.82, 2.24) is 0 Å². The predicted molar refractivity (Wildman–Crippen MR) is 101 cm³/mol. The van der Waals surface area contributed by atoms with E-state index in [9.17, 15) is 9.59 Å². The van der Waals surface area contributed by atoms with Crippen LogP contribution >= 0.6 is 11.8 Å². The Kier molecular flexibility index (Phi) is 6.83. The van der Waals surface area contributed by atoms with Crippen molar-refractivity contribution < 1.29 is 19.1 Å². The topological polar surface area (TPSA) is 52.6 Å². The quantitative estimate of drug-likeness (QED) is 0.518. The summed E-state index contributed by atoms with van der Waals surface area (Å²) in [5.74, 6) is 1.23. The Labute approximate surface area is 151 Å². The number of rotatable bonds is 8. The van der Waals surface area contributed by atoms with Crippen LogP contribution in [-0.4, -0.2) is 32.0 Å². The van der Waals surface area contributed by atoms with Crippen LogP contribution in [0.5, 0.6) is 11.5 Å². The molecule has 2 aromatic carbocycles. The maximum absolute atomic E-state index is 12.4. The zero-order valence-corrected chi connectivity index (χ0v) is 15.3. The highest BCUT2D eigenvalue weighted by atomic mass is 32.2. The Balaban J connectivity index is 2.09. The van der Waals surface area contributed by atoms with Crippen LogP contribution < -0.4 is 9.47 Å². The van der Waals surface area contributed by atoms with Crippen LogP contribution in [0.2, 0.25) is 0 Å². The van der Waals surface area contributed by atoms with Gasteiger partial charge < -0.3 is 9.47 Å². The fourth-order valence-corrected chi connectivity index (χ4v) is 2.70. The molecule has 2 rings (SSSR count). The summed E-state index contributed by atoms with van der Waals surface area (Å²) in [4.78, 5) is 25.5. The van der Waals surface area contributed by atoms with Gasteiger partial charge in [-0.05, 0) is 65.8 Å². The molecule has 2 aromatic rings. The lowest BCUT2D eigenvalue weighted by Crippen LogP contribution is -2.02. The molecule has 0 spiro atoms. The molecular weight excluding hydrogens is 336 g/mol. The first-order valence-corrected chi connectivity index (χ1v) is 8.90. The average Bonchev–Trinajstić information content (AvgIpc) is 2.67. The maximum Gasteiger partial charge on any atom is 0.186 e. The summed E-state index contributed by atoms with van der Waals surface area (Å²) in [5, 5.41) is 0. The molecule has 0 radical (unpaired) electrons. The highest BCUT2D eigenvalue weighted by molar-refractivity contribution is 8.02. The lowest BCUT2D eigenvalue weighted by molar-refractivity contribution is 0.0995. The van der Waals surface area contributed by atoms with E-state index in [4.69, 9.17) is 9.47 Å². The van der Waals surface area contributed by atoms with E-state index in [0.29, 0.717) is 22.6 Å². The summed E-state index contributed by atoms with van der Waals surface area (Å²) in [6.45, 7) is 0. The van der Waals surface area contributed by atoms with Crippen LogP contribution in [0.15, 0.2) is 59.5 Å². The number of hydrogen-bond acceptors (Lipinski definition) is 5. The van der Waals surface area contributed by atoms with Gasteiger partial charge in [-0.15, -0.1) is 11.8 Å². The van der Waals surface area contributed by atoms with E-state index in [1.54, 1.807) is 62.8 Å². The van der Waals surface area contributed by atoms with Crippen LogP contribution in [0, 0.1) is 0 Å². The molecule has 0 atom stereocenters. The number of Topliss-reactive ketones (excluding diaryl/α,β-unsaturated/α-hetero) is 1. The first kappa shape index (κ1) is 18.8. The SMILES string of the molecule is COc1ccc(C(=O)C=C(CC(=O)c2ccc(OC)cc2)SC)cc1. The van der Waals surface area contributed by atoms with Crippen molar-refractivity contribution in [3.05, 3.63) is 70.6 Å². The van der Waals surface area contributed by atoms with Crippen molar-refractivity contribution in [3.63, 3.8) is 0 Å². The molecule has 0 aliphatic carbocycles. The first-order valence-electron chi connectivity index (χ1n) is 7.67. The third-order valence-electron chi connectivity index (χ3n) is 3.68. The summed E-state index contributed by atoms with van der Waals surface area (Å²) in [6.07, 6.45) is 3.57. The molecule has 0 saturated carbocycles. The van der Waals surface area contributed by atoms with Gasteiger partial charge in [0, 0.05) is 17.5 Å². The van der Waals surface area contributed by atoms with E-state index in [1.807, 2.05) is 6.26 Å². The normalized spacial score (nSPS) is 11.1. The molecule has 0 heterocycles. The van der Waals surface area contributed by atoms with E-state index in [2.05, 4.69) is 0 Å². The van der Waals surface area contributed by atoms with Crippen LogP contribution in [0.1, 0.15) is 27.1 Å². The molecule has 0 bridgehead atoms. The summed E-state index contributed by atoms with van der Waals surface area (Å²) in [5.41, 5.74) is 1.15. The molecule has 25 heavy (non-hydrogen) atoms. The number of carbonyl (C=O) groups is 2. The smallest absolute Gasteiger partial charge is 0.186 e. The molecule has 130 valence electrons. The van der Waals surface area contributed by atoms with Crippen LogP contribution in [0.25, 0.3) is 0 Å². The Morgan fingerprint density at radius 3 is 1.80 bits per heavy atom. The highest BCUT2D eigenvalue weighted by Crippen LogP contribution is 2.22. The number of benzene rings is 2.